The quantitative estimate of drug-likeness (QED) is 0.329. The number of benzene rings is 1. The van der Waals surface area contributed by atoms with Crippen LogP contribution in [0.25, 0.3) is 22.4 Å². The zero-order chi connectivity index (χ0) is 25.9. The van der Waals surface area contributed by atoms with Crippen molar-refractivity contribution in [2.75, 3.05) is 13.2 Å². The Balaban J connectivity index is 1.92. The minimum atomic E-state index is -0.502. The first-order valence-electron chi connectivity index (χ1n) is 12.4. The molecule has 0 spiro atoms. The number of hydrogen-bond acceptors (Lipinski definition) is 6. The first-order chi connectivity index (χ1) is 17.2. The molecule has 0 saturated carbocycles. The van der Waals surface area contributed by atoms with Gasteiger partial charge in [0, 0.05) is 34.9 Å². The molecule has 0 fully saturated rings. The van der Waals surface area contributed by atoms with Gasteiger partial charge in [-0.25, -0.2) is 9.18 Å². The molecule has 188 valence electrons. The third-order valence-electron chi connectivity index (χ3n) is 6.43. The van der Waals surface area contributed by atoms with E-state index in [9.17, 15) is 14.0 Å². The molecule has 2 N–H and O–H groups in total. The molecule has 7 heteroatoms. The molecule has 36 heavy (non-hydrogen) atoms. The van der Waals surface area contributed by atoms with Crippen molar-refractivity contribution >= 4 is 11.8 Å². The van der Waals surface area contributed by atoms with Gasteiger partial charge in [-0.3, -0.25) is 14.8 Å². The summed E-state index contributed by atoms with van der Waals surface area (Å²) in [5, 5.41) is 0. The number of hydrogen-bond donors (Lipinski definition) is 1. The largest absolute Gasteiger partial charge is 0.462 e. The number of aromatic nitrogens is 2. The topological polar surface area (TPSA) is 95.2 Å². The van der Waals surface area contributed by atoms with Crippen LogP contribution in [0.15, 0.2) is 42.6 Å². The average molecular weight is 490 g/mol. The summed E-state index contributed by atoms with van der Waals surface area (Å²) in [6.45, 7) is 6.61. The number of rotatable bonds is 8. The number of carbonyl (C=O) groups excluding carboxylic acids is 2. The maximum Gasteiger partial charge on any atom is 0.340 e. The molecular weight excluding hydrogens is 457 g/mol. The molecular formula is C29H32FN3O3. The van der Waals surface area contributed by atoms with Crippen molar-refractivity contribution in [2.45, 2.75) is 52.9 Å². The number of pyridine rings is 2. The number of nitrogens with zero attached hydrogens (tertiary/aromatic N) is 2. The van der Waals surface area contributed by atoms with E-state index >= 15 is 0 Å². The van der Waals surface area contributed by atoms with Gasteiger partial charge < -0.3 is 10.5 Å². The number of carbonyl (C=O) groups is 2. The van der Waals surface area contributed by atoms with Gasteiger partial charge in [0.1, 0.15) is 5.82 Å². The van der Waals surface area contributed by atoms with Crippen LogP contribution in [0.3, 0.4) is 0 Å². The van der Waals surface area contributed by atoms with Gasteiger partial charge in [-0.05, 0) is 62.8 Å². The summed E-state index contributed by atoms with van der Waals surface area (Å²) in [5.41, 5.74) is 9.99. The highest BCUT2D eigenvalue weighted by Crippen LogP contribution is 2.41. The number of Topliss-reactive ketones (excluding diaryl/α,β-unsaturated/α-hetero) is 1. The molecule has 0 saturated heterocycles. The summed E-state index contributed by atoms with van der Waals surface area (Å²) < 4.78 is 19.2. The number of aryl methyl sites for hydroxylation is 1. The van der Waals surface area contributed by atoms with E-state index in [2.05, 4.69) is 18.8 Å². The molecule has 6 nitrogen and oxygen atoms in total. The number of esters is 1. The summed E-state index contributed by atoms with van der Waals surface area (Å²) in [6, 6.07) is 9.81. The van der Waals surface area contributed by atoms with Gasteiger partial charge in [-0.1, -0.05) is 32.0 Å². The summed E-state index contributed by atoms with van der Waals surface area (Å²) in [7, 11) is 0. The van der Waals surface area contributed by atoms with Gasteiger partial charge in [0.05, 0.1) is 29.3 Å². The zero-order valence-electron chi connectivity index (χ0n) is 21.1. The van der Waals surface area contributed by atoms with Gasteiger partial charge in [0.25, 0.3) is 0 Å². The Morgan fingerprint density at radius 1 is 1.11 bits per heavy atom. The summed E-state index contributed by atoms with van der Waals surface area (Å²) >= 11 is 0. The van der Waals surface area contributed by atoms with Crippen LogP contribution in [0, 0.1) is 11.2 Å². The van der Waals surface area contributed by atoms with Crippen molar-refractivity contribution < 1.29 is 18.7 Å². The Hall–Kier alpha value is -3.45. The highest BCUT2D eigenvalue weighted by Gasteiger charge is 2.37. The van der Waals surface area contributed by atoms with Crippen molar-refractivity contribution in [3.05, 3.63) is 70.9 Å². The molecule has 0 unspecified atom stereocenters. The van der Waals surface area contributed by atoms with Crippen LogP contribution in [0.1, 0.15) is 72.1 Å². The highest BCUT2D eigenvalue weighted by molar-refractivity contribution is 6.10. The summed E-state index contributed by atoms with van der Waals surface area (Å²) in [6.07, 6.45) is 4.73. The van der Waals surface area contributed by atoms with Crippen LogP contribution in [0.2, 0.25) is 0 Å². The lowest BCUT2D eigenvalue weighted by Crippen LogP contribution is -2.30. The molecule has 0 radical (unpaired) electrons. The van der Waals surface area contributed by atoms with E-state index in [1.54, 1.807) is 31.3 Å². The second kappa shape index (κ2) is 10.7. The predicted molar refractivity (Wildman–Crippen MR) is 137 cm³/mol. The number of fused-ring (bicyclic) bond motifs is 1. The van der Waals surface area contributed by atoms with Crippen LogP contribution >= 0.6 is 0 Å². The third kappa shape index (κ3) is 5.36. The molecule has 4 rings (SSSR count). The molecule has 1 aliphatic carbocycles. The van der Waals surface area contributed by atoms with Crippen molar-refractivity contribution in [3.63, 3.8) is 0 Å². The molecule has 2 aromatic heterocycles. The van der Waals surface area contributed by atoms with Crippen LogP contribution < -0.4 is 5.73 Å². The standard InChI is InChI=1S/C29H32FN3O3/c1-4-36-28(35)27-22(10-5-6-13-31)33-23-15-29(2,3)16-24(34)26(23)25(27)19-11-12-21(32-17-19)18-8-7-9-20(30)14-18/h7-9,11-12,14,17H,4-6,10,13,15-16,31H2,1-3H3. The van der Waals surface area contributed by atoms with Crippen LogP contribution in [-0.4, -0.2) is 34.9 Å². The lowest BCUT2D eigenvalue weighted by molar-refractivity contribution is 0.0525. The lowest BCUT2D eigenvalue weighted by atomic mass is 9.73. The lowest BCUT2D eigenvalue weighted by Gasteiger charge is -2.32. The summed E-state index contributed by atoms with van der Waals surface area (Å²) in [5.74, 6) is -0.893. The van der Waals surface area contributed by atoms with Gasteiger partial charge in [0.2, 0.25) is 0 Å². The number of unbranched alkanes of at least 4 members (excludes halogenated alkanes) is 1. The number of ketones is 1. The van der Waals surface area contributed by atoms with Crippen LogP contribution in [-0.2, 0) is 17.6 Å². The Morgan fingerprint density at radius 3 is 2.58 bits per heavy atom. The smallest absolute Gasteiger partial charge is 0.340 e. The molecule has 1 aromatic carbocycles. The monoisotopic (exact) mass is 489 g/mol. The molecule has 0 amide bonds. The van der Waals surface area contributed by atoms with E-state index in [-0.39, 0.29) is 23.6 Å². The fourth-order valence-electron chi connectivity index (χ4n) is 4.85. The van der Waals surface area contributed by atoms with E-state index in [1.165, 1.54) is 12.1 Å². The first-order valence-corrected chi connectivity index (χ1v) is 12.4. The average Bonchev–Trinajstić information content (AvgIpc) is 2.83. The maximum atomic E-state index is 13.7. The zero-order valence-corrected chi connectivity index (χ0v) is 21.1. The van der Waals surface area contributed by atoms with E-state index in [0.717, 1.165) is 12.8 Å². The van der Waals surface area contributed by atoms with Crippen LogP contribution in [0.4, 0.5) is 4.39 Å². The van der Waals surface area contributed by atoms with E-state index in [0.29, 0.717) is 70.7 Å². The molecule has 1 aliphatic rings. The second-order valence-corrected chi connectivity index (χ2v) is 9.98. The van der Waals surface area contributed by atoms with Gasteiger partial charge in [0.15, 0.2) is 5.78 Å². The molecule has 0 aliphatic heterocycles. The number of halogens is 1. The van der Waals surface area contributed by atoms with Crippen LogP contribution in [0.5, 0.6) is 0 Å². The Bertz CT molecular complexity index is 1290. The van der Waals surface area contributed by atoms with Crippen molar-refractivity contribution in [1.82, 2.24) is 9.97 Å². The van der Waals surface area contributed by atoms with E-state index in [4.69, 9.17) is 15.5 Å². The maximum absolute atomic E-state index is 13.7. The van der Waals surface area contributed by atoms with E-state index < -0.39 is 5.97 Å². The second-order valence-electron chi connectivity index (χ2n) is 9.98. The highest BCUT2D eigenvalue weighted by atomic mass is 19.1. The van der Waals surface area contributed by atoms with Crippen molar-refractivity contribution in [2.24, 2.45) is 11.1 Å². The minimum Gasteiger partial charge on any atom is -0.462 e. The normalized spacial score (nSPS) is 14.4. The summed E-state index contributed by atoms with van der Waals surface area (Å²) in [4.78, 5) is 36.2. The fourth-order valence-corrected chi connectivity index (χ4v) is 4.85. The molecule has 0 bridgehead atoms. The first kappa shape index (κ1) is 25.6. The fraction of sp³-hybridized carbons (Fsp3) is 0.379. The van der Waals surface area contributed by atoms with Crippen molar-refractivity contribution in [3.8, 4) is 22.4 Å². The SMILES string of the molecule is CCOC(=O)c1c(CCCCN)nc2c(c1-c1ccc(-c3cccc(F)c3)nc1)C(=O)CC(C)(C)C2. The molecule has 2 heterocycles. The van der Waals surface area contributed by atoms with Gasteiger partial charge in [-0.2, -0.15) is 0 Å². The Labute approximate surface area is 211 Å². The van der Waals surface area contributed by atoms with E-state index in [1.807, 2.05) is 6.07 Å². The molecule has 0 atom stereocenters. The van der Waals surface area contributed by atoms with Gasteiger partial charge >= 0.3 is 5.97 Å². The number of ether oxygens (including phenoxy) is 1. The number of nitrogens with two attached hydrogens (primary N) is 1. The third-order valence-corrected chi connectivity index (χ3v) is 6.43. The minimum absolute atomic E-state index is 0.0444. The van der Waals surface area contributed by atoms with Crippen molar-refractivity contribution in [1.29, 1.82) is 0 Å². The van der Waals surface area contributed by atoms with Gasteiger partial charge in [-0.15, -0.1) is 0 Å². The predicted octanol–water partition coefficient (Wildman–Crippen LogP) is 5.56. The Kier molecular flexibility index (Phi) is 7.59. The molecule has 3 aromatic rings. The Morgan fingerprint density at radius 2 is 1.92 bits per heavy atom.